The maximum absolute atomic E-state index is 9.56. The fraction of sp³-hybridized carbons (Fsp3) is 0.0385. The van der Waals surface area contributed by atoms with Gasteiger partial charge in [0, 0.05) is 5.02 Å². The Morgan fingerprint density at radius 3 is 2.55 bits per heavy atom. The minimum absolute atomic E-state index is 0.480. The molecule has 0 aromatic heterocycles. The van der Waals surface area contributed by atoms with E-state index in [2.05, 4.69) is 30.3 Å². The van der Waals surface area contributed by atoms with Crippen LogP contribution in [0.3, 0.4) is 0 Å². The van der Waals surface area contributed by atoms with Crippen molar-refractivity contribution in [3.63, 3.8) is 0 Å². The minimum atomic E-state index is 0.480. The second-order valence-corrected chi connectivity index (χ2v) is 7.12. The van der Waals surface area contributed by atoms with Gasteiger partial charge in [0.2, 0.25) is 0 Å². The quantitative estimate of drug-likeness (QED) is 0.266. The molecule has 0 heterocycles. The van der Waals surface area contributed by atoms with Gasteiger partial charge < -0.3 is 4.74 Å². The summed E-state index contributed by atoms with van der Waals surface area (Å²) < 4.78 is 6.05. The normalized spacial score (nSPS) is 11.2. The number of allylic oxidation sites excluding steroid dienone is 1. The van der Waals surface area contributed by atoms with E-state index in [1.807, 2.05) is 60.7 Å². The minimum Gasteiger partial charge on any atom is -0.489 e. The van der Waals surface area contributed by atoms with Crippen molar-refractivity contribution in [2.75, 3.05) is 0 Å². The van der Waals surface area contributed by atoms with E-state index in [1.165, 1.54) is 10.8 Å². The van der Waals surface area contributed by atoms with E-state index >= 15 is 0 Å². The van der Waals surface area contributed by atoms with Crippen LogP contribution < -0.4 is 4.74 Å². The number of halogens is 1. The van der Waals surface area contributed by atoms with E-state index in [0.29, 0.717) is 17.2 Å². The molecule has 140 valence electrons. The van der Waals surface area contributed by atoms with Gasteiger partial charge in [-0.3, -0.25) is 0 Å². The smallest absolute Gasteiger partial charge is 0.120 e. The number of rotatable bonds is 5. The number of ether oxygens (including phenoxy) is 1. The molecule has 29 heavy (non-hydrogen) atoms. The predicted octanol–water partition coefficient (Wildman–Crippen LogP) is 7.14. The van der Waals surface area contributed by atoms with Crippen LogP contribution in [0.25, 0.3) is 22.4 Å². The highest BCUT2D eigenvalue weighted by atomic mass is 35.5. The van der Waals surface area contributed by atoms with Crippen LogP contribution in [0, 0.1) is 11.3 Å². The summed E-state index contributed by atoms with van der Waals surface area (Å²) in [6.07, 6.45) is 1.84. The average Bonchev–Trinajstić information content (AvgIpc) is 2.76. The van der Waals surface area contributed by atoms with Crippen molar-refractivity contribution in [3.05, 3.63) is 113 Å². The summed E-state index contributed by atoms with van der Waals surface area (Å²) in [4.78, 5) is 0. The van der Waals surface area contributed by atoms with E-state index in [4.69, 9.17) is 16.3 Å². The maximum Gasteiger partial charge on any atom is 0.120 e. The largest absolute Gasteiger partial charge is 0.489 e. The number of nitrogens with zero attached hydrogens (tertiary/aromatic N) is 1. The van der Waals surface area contributed by atoms with Crippen molar-refractivity contribution in [1.29, 1.82) is 5.26 Å². The van der Waals surface area contributed by atoms with Gasteiger partial charge in [0.1, 0.15) is 12.4 Å². The highest BCUT2D eigenvalue weighted by molar-refractivity contribution is 6.30. The lowest BCUT2D eigenvalue weighted by atomic mass is 10.0. The summed E-state index contributed by atoms with van der Waals surface area (Å²) in [6.45, 7) is 0.480. The second kappa shape index (κ2) is 8.65. The molecule has 0 fully saturated rings. The number of benzene rings is 4. The van der Waals surface area contributed by atoms with Gasteiger partial charge in [-0.15, -0.1) is 0 Å². The van der Waals surface area contributed by atoms with Crippen LogP contribution in [-0.4, -0.2) is 0 Å². The van der Waals surface area contributed by atoms with E-state index in [0.717, 1.165) is 22.4 Å². The van der Waals surface area contributed by atoms with Gasteiger partial charge in [0.25, 0.3) is 0 Å². The molecular formula is C26H18ClNO. The van der Waals surface area contributed by atoms with Crippen LogP contribution in [0.4, 0.5) is 0 Å². The fourth-order valence-electron chi connectivity index (χ4n) is 3.28. The van der Waals surface area contributed by atoms with Gasteiger partial charge in [-0.25, -0.2) is 0 Å². The average molecular weight is 396 g/mol. The first kappa shape index (κ1) is 18.8. The molecule has 0 saturated heterocycles. The van der Waals surface area contributed by atoms with Crippen molar-refractivity contribution < 1.29 is 4.74 Å². The van der Waals surface area contributed by atoms with Gasteiger partial charge in [-0.2, -0.15) is 5.26 Å². The molecule has 0 N–H and O–H groups in total. The fourth-order valence-corrected chi connectivity index (χ4v) is 3.47. The highest BCUT2D eigenvalue weighted by Crippen LogP contribution is 2.24. The molecule has 0 spiro atoms. The molecule has 0 aliphatic carbocycles. The van der Waals surface area contributed by atoms with Crippen LogP contribution in [0.15, 0.2) is 91.0 Å². The van der Waals surface area contributed by atoms with Crippen molar-refractivity contribution in [2.24, 2.45) is 0 Å². The van der Waals surface area contributed by atoms with Gasteiger partial charge in [-0.05, 0) is 57.8 Å². The first-order valence-corrected chi connectivity index (χ1v) is 9.68. The third-order valence-corrected chi connectivity index (χ3v) is 4.93. The molecule has 0 saturated carbocycles. The number of hydrogen-bond acceptors (Lipinski definition) is 2. The topological polar surface area (TPSA) is 33.0 Å². The zero-order valence-corrected chi connectivity index (χ0v) is 16.4. The van der Waals surface area contributed by atoms with Crippen molar-refractivity contribution in [2.45, 2.75) is 6.61 Å². The van der Waals surface area contributed by atoms with Gasteiger partial charge in [-0.1, -0.05) is 78.3 Å². The first-order chi connectivity index (χ1) is 14.2. The first-order valence-electron chi connectivity index (χ1n) is 9.30. The second-order valence-electron chi connectivity index (χ2n) is 6.68. The lowest BCUT2D eigenvalue weighted by molar-refractivity contribution is 0.307. The Morgan fingerprint density at radius 1 is 0.897 bits per heavy atom. The summed E-state index contributed by atoms with van der Waals surface area (Å²) in [5, 5.41) is 12.6. The molecule has 2 nitrogen and oxygen atoms in total. The van der Waals surface area contributed by atoms with Gasteiger partial charge in [0.05, 0.1) is 11.6 Å². The van der Waals surface area contributed by atoms with Gasteiger partial charge >= 0.3 is 0 Å². The number of nitriles is 1. The third-order valence-electron chi connectivity index (χ3n) is 4.70. The van der Waals surface area contributed by atoms with Crippen LogP contribution in [0.2, 0.25) is 5.02 Å². The van der Waals surface area contributed by atoms with E-state index in [1.54, 1.807) is 12.1 Å². The Morgan fingerprint density at radius 2 is 1.69 bits per heavy atom. The van der Waals surface area contributed by atoms with E-state index in [9.17, 15) is 5.26 Å². The molecule has 3 heteroatoms. The molecule has 4 aromatic rings. The molecule has 4 rings (SSSR count). The van der Waals surface area contributed by atoms with Crippen molar-refractivity contribution >= 4 is 34.0 Å². The molecule has 0 atom stereocenters. The van der Waals surface area contributed by atoms with E-state index in [-0.39, 0.29) is 0 Å². The lowest BCUT2D eigenvalue weighted by Crippen LogP contribution is -1.96. The molecule has 0 amide bonds. The summed E-state index contributed by atoms with van der Waals surface area (Å²) >= 11 is 6.06. The Hall–Kier alpha value is -3.54. The molecule has 0 bridgehead atoms. The number of fused-ring (bicyclic) bond motifs is 1. The SMILES string of the molecule is N#C/C(=C/c1cccc(OCc2cccc3ccccc23)c1)c1cccc(Cl)c1. The molecule has 0 aliphatic rings. The molecular weight excluding hydrogens is 378 g/mol. The molecule has 0 aliphatic heterocycles. The Balaban J connectivity index is 1.56. The zero-order chi connectivity index (χ0) is 20.1. The maximum atomic E-state index is 9.56. The van der Waals surface area contributed by atoms with E-state index < -0.39 is 0 Å². The molecule has 4 aromatic carbocycles. The monoisotopic (exact) mass is 395 g/mol. The standard InChI is InChI=1S/C26H18ClNO/c27-24-11-5-9-21(16-24)23(17-28)14-19-6-3-12-25(15-19)29-18-22-10-4-8-20-7-1-2-13-26(20)22/h1-16H,18H2/b23-14-. The molecule has 0 radical (unpaired) electrons. The Kier molecular flexibility index (Phi) is 5.61. The predicted molar refractivity (Wildman–Crippen MR) is 120 cm³/mol. The van der Waals surface area contributed by atoms with Gasteiger partial charge in [0.15, 0.2) is 0 Å². The lowest BCUT2D eigenvalue weighted by Gasteiger charge is -2.10. The summed E-state index contributed by atoms with van der Waals surface area (Å²) in [5.74, 6) is 0.759. The summed E-state index contributed by atoms with van der Waals surface area (Å²) in [5.41, 5.74) is 3.39. The molecule has 0 unspecified atom stereocenters. The summed E-state index contributed by atoms with van der Waals surface area (Å²) in [7, 11) is 0. The zero-order valence-electron chi connectivity index (χ0n) is 15.7. The van der Waals surface area contributed by atoms with Crippen LogP contribution in [0.1, 0.15) is 16.7 Å². The van der Waals surface area contributed by atoms with Crippen LogP contribution in [-0.2, 0) is 6.61 Å². The van der Waals surface area contributed by atoms with Crippen molar-refractivity contribution in [3.8, 4) is 11.8 Å². The third kappa shape index (κ3) is 4.48. The number of hydrogen-bond donors (Lipinski definition) is 0. The Labute approximate surface area is 175 Å². The highest BCUT2D eigenvalue weighted by Gasteiger charge is 2.04. The Bertz CT molecular complexity index is 1230. The van der Waals surface area contributed by atoms with Crippen LogP contribution in [0.5, 0.6) is 5.75 Å². The summed E-state index contributed by atoms with van der Waals surface area (Å²) in [6, 6.07) is 31.8. The van der Waals surface area contributed by atoms with Crippen LogP contribution >= 0.6 is 11.6 Å². The van der Waals surface area contributed by atoms with Crippen molar-refractivity contribution in [1.82, 2.24) is 0 Å².